The van der Waals surface area contributed by atoms with E-state index >= 15 is 0 Å². The van der Waals surface area contributed by atoms with Gasteiger partial charge in [0.2, 0.25) is 0 Å². The third-order valence-electron chi connectivity index (χ3n) is 3.80. The topological polar surface area (TPSA) is 58.3 Å². The number of alkyl halides is 3. The first-order valence-electron chi connectivity index (χ1n) is 8.37. The summed E-state index contributed by atoms with van der Waals surface area (Å²) in [7, 11) is 1.84. The predicted molar refractivity (Wildman–Crippen MR) is 93.4 cm³/mol. The van der Waals surface area contributed by atoms with Crippen LogP contribution in [0.1, 0.15) is 30.8 Å². The minimum Gasteiger partial charge on any atom is -0.357 e. The number of hydrogen-bond acceptors (Lipinski definition) is 3. The number of nitrogens with one attached hydrogen (secondary N) is 1. The number of hydrogen-bond donors (Lipinski definition) is 1. The van der Waals surface area contributed by atoms with Crippen molar-refractivity contribution in [1.29, 1.82) is 0 Å². The Labute approximate surface area is 150 Å². The average molecular weight is 368 g/mol. The standard InChI is InChI=1S/C17H23F3N6/c1-4-21-16(22-10-15-24-23-12-26(15)5-2)25(3)11-13-6-8-14(9-7-13)17(18,19)20/h6-9,12H,4-5,10-11H2,1-3H3,(H,21,22). The van der Waals surface area contributed by atoms with Crippen molar-refractivity contribution in [3.05, 3.63) is 47.5 Å². The van der Waals surface area contributed by atoms with E-state index < -0.39 is 11.7 Å². The molecule has 1 heterocycles. The molecule has 0 aliphatic heterocycles. The van der Waals surface area contributed by atoms with Crippen LogP contribution in [0.5, 0.6) is 0 Å². The highest BCUT2D eigenvalue weighted by Crippen LogP contribution is 2.29. The molecule has 2 rings (SSSR count). The zero-order valence-electron chi connectivity index (χ0n) is 15.1. The molecule has 0 spiro atoms. The van der Waals surface area contributed by atoms with Crippen LogP contribution in [0.4, 0.5) is 13.2 Å². The Kier molecular flexibility index (Phi) is 6.59. The third-order valence-corrected chi connectivity index (χ3v) is 3.80. The van der Waals surface area contributed by atoms with Crippen LogP contribution in [0.2, 0.25) is 0 Å². The first-order chi connectivity index (χ1) is 12.3. The molecule has 0 saturated carbocycles. The Morgan fingerprint density at radius 3 is 2.50 bits per heavy atom. The van der Waals surface area contributed by atoms with Gasteiger partial charge in [0.1, 0.15) is 12.9 Å². The van der Waals surface area contributed by atoms with Crippen molar-refractivity contribution in [1.82, 2.24) is 25.0 Å². The van der Waals surface area contributed by atoms with Crippen molar-refractivity contribution >= 4 is 5.96 Å². The summed E-state index contributed by atoms with van der Waals surface area (Å²) >= 11 is 0. The molecule has 142 valence electrons. The van der Waals surface area contributed by atoms with Crippen molar-refractivity contribution < 1.29 is 13.2 Å². The lowest BCUT2D eigenvalue weighted by Gasteiger charge is -2.22. The van der Waals surface area contributed by atoms with E-state index in [1.807, 2.05) is 30.4 Å². The second kappa shape index (κ2) is 8.68. The van der Waals surface area contributed by atoms with Gasteiger partial charge < -0.3 is 14.8 Å². The van der Waals surface area contributed by atoms with Gasteiger partial charge in [0.15, 0.2) is 11.8 Å². The SMILES string of the molecule is CCNC(=NCc1nncn1CC)N(C)Cc1ccc(C(F)(F)F)cc1. The van der Waals surface area contributed by atoms with Crippen LogP contribution < -0.4 is 5.32 Å². The average Bonchev–Trinajstić information content (AvgIpc) is 3.05. The van der Waals surface area contributed by atoms with Gasteiger partial charge in [-0.05, 0) is 31.5 Å². The number of rotatable bonds is 6. The molecule has 0 unspecified atom stereocenters. The van der Waals surface area contributed by atoms with Gasteiger partial charge >= 0.3 is 6.18 Å². The fourth-order valence-corrected chi connectivity index (χ4v) is 2.43. The van der Waals surface area contributed by atoms with Crippen LogP contribution >= 0.6 is 0 Å². The van der Waals surface area contributed by atoms with Crippen molar-refractivity contribution in [2.24, 2.45) is 4.99 Å². The zero-order valence-corrected chi connectivity index (χ0v) is 15.1. The Morgan fingerprint density at radius 1 is 1.23 bits per heavy atom. The highest BCUT2D eigenvalue weighted by molar-refractivity contribution is 5.79. The van der Waals surface area contributed by atoms with Gasteiger partial charge in [-0.15, -0.1) is 10.2 Å². The normalized spacial score (nSPS) is 12.3. The zero-order chi connectivity index (χ0) is 19.2. The first-order valence-corrected chi connectivity index (χ1v) is 8.37. The largest absolute Gasteiger partial charge is 0.416 e. The van der Waals surface area contributed by atoms with Crippen LogP contribution in [0, 0.1) is 0 Å². The maximum absolute atomic E-state index is 12.7. The molecule has 1 N–H and O–H groups in total. The highest BCUT2D eigenvalue weighted by atomic mass is 19.4. The lowest BCUT2D eigenvalue weighted by Crippen LogP contribution is -2.38. The number of aryl methyl sites for hydroxylation is 1. The summed E-state index contributed by atoms with van der Waals surface area (Å²) in [6.07, 6.45) is -2.67. The van der Waals surface area contributed by atoms with E-state index in [1.165, 1.54) is 12.1 Å². The fourth-order valence-electron chi connectivity index (χ4n) is 2.43. The molecule has 0 fully saturated rings. The van der Waals surface area contributed by atoms with Crippen molar-refractivity contribution in [3.8, 4) is 0 Å². The van der Waals surface area contributed by atoms with Gasteiger partial charge in [0.25, 0.3) is 0 Å². The van der Waals surface area contributed by atoms with E-state index in [0.29, 0.717) is 25.6 Å². The second-order valence-corrected chi connectivity index (χ2v) is 5.75. The number of halogens is 3. The van der Waals surface area contributed by atoms with Gasteiger partial charge in [0.05, 0.1) is 5.56 Å². The van der Waals surface area contributed by atoms with Crippen LogP contribution in [0.15, 0.2) is 35.6 Å². The highest BCUT2D eigenvalue weighted by Gasteiger charge is 2.29. The molecule has 2 aromatic rings. The summed E-state index contributed by atoms with van der Waals surface area (Å²) < 4.78 is 39.9. The maximum atomic E-state index is 12.7. The molecule has 0 saturated heterocycles. The van der Waals surface area contributed by atoms with Crippen LogP contribution in [0.3, 0.4) is 0 Å². The number of aromatic nitrogens is 3. The van der Waals surface area contributed by atoms with E-state index in [4.69, 9.17) is 0 Å². The smallest absolute Gasteiger partial charge is 0.357 e. The number of nitrogens with zero attached hydrogens (tertiary/aromatic N) is 5. The molecule has 0 atom stereocenters. The Morgan fingerprint density at radius 2 is 1.92 bits per heavy atom. The summed E-state index contributed by atoms with van der Waals surface area (Å²) in [5, 5.41) is 11.1. The number of aliphatic imine (C=N–C) groups is 1. The molecule has 0 bridgehead atoms. The van der Waals surface area contributed by atoms with Crippen LogP contribution in [-0.4, -0.2) is 39.2 Å². The first kappa shape index (κ1) is 19.7. The predicted octanol–water partition coefficient (Wildman–Crippen LogP) is 2.91. The van der Waals surface area contributed by atoms with E-state index in [9.17, 15) is 13.2 Å². The van der Waals surface area contributed by atoms with E-state index in [0.717, 1.165) is 30.1 Å². The van der Waals surface area contributed by atoms with Crippen molar-refractivity contribution in [2.75, 3.05) is 13.6 Å². The summed E-state index contributed by atoms with van der Waals surface area (Å²) in [4.78, 5) is 6.41. The third kappa shape index (κ3) is 5.21. The Hall–Kier alpha value is -2.58. The van der Waals surface area contributed by atoms with Crippen LogP contribution in [-0.2, 0) is 25.8 Å². The van der Waals surface area contributed by atoms with Gasteiger partial charge in [-0.2, -0.15) is 13.2 Å². The van der Waals surface area contributed by atoms with Crippen molar-refractivity contribution in [2.45, 2.75) is 39.7 Å². The molecular weight excluding hydrogens is 345 g/mol. The molecule has 0 aliphatic carbocycles. The van der Waals surface area contributed by atoms with E-state index in [2.05, 4.69) is 20.5 Å². The Balaban J connectivity index is 2.07. The summed E-state index contributed by atoms with van der Waals surface area (Å²) in [6, 6.07) is 5.15. The molecule has 1 aromatic carbocycles. The Bertz CT molecular complexity index is 721. The molecule has 0 amide bonds. The van der Waals surface area contributed by atoms with Gasteiger partial charge in [-0.3, -0.25) is 0 Å². The molecular formula is C17H23F3N6. The molecule has 6 nitrogen and oxygen atoms in total. The number of benzene rings is 1. The molecule has 0 aliphatic rings. The van der Waals surface area contributed by atoms with Gasteiger partial charge in [0, 0.05) is 26.7 Å². The lowest BCUT2D eigenvalue weighted by atomic mass is 10.1. The maximum Gasteiger partial charge on any atom is 0.416 e. The molecule has 9 heteroatoms. The van der Waals surface area contributed by atoms with E-state index in [1.54, 1.807) is 6.33 Å². The summed E-state index contributed by atoms with van der Waals surface area (Å²) in [5.74, 6) is 1.41. The quantitative estimate of drug-likeness (QED) is 0.629. The molecule has 0 radical (unpaired) electrons. The monoisotopic (exact) mass is 368 g/mol. The second-order valence-electron chi connectivity index (χ2n) is 5.75. The lowest BCUT2D eigenvalue weighted by molar-refractivity contribution is -0.137. The fraction of sp³-hybridized carbons (Fsp3) is 0.471. The van der Waals surface area contributed by atoms with Crippen molar-refractivity contribution in [3.63, 3.8) is 0 Å². The molecule has 26 heavy (non-hydrogen) atoms. The van der Waals surface area contributed by atoms with Gasteiger partial charge in [-0.1, -0.05) is 12.1 Å². The number of guanidine groups is 1. The molecule has 1 aromatic heterocycles. The van der Waals surface area contributed by atoms with Gasteiger partial charge in [-0.25, -0.2) is 4.99 Å². The van der Waals surface area contributed by atoms with E-state index in [-0.39, 0.29) is 0 Å². The van der Waals surface area contributed by atoms with Crippen LogP contribution in [0.25, 0.3) is 0 Å². The summed E-state index contributed by atoms with van der Waals surface area (Å²) in [5.41, 5.74) is 0.117. The summed E-state index contributed by atoms with van der Waals surface area (Å²) in [6.45, 7) is 6.19. The minimum absolute atomic E-state index is 0.369. The minimum atomic E-state index is -4.32.